The van der Waals surface area contributed by atoms with E-state index in [-0.39, 0.29) is 0 Å². The van der Waals surface area contributed by atoms with Crippen molar-refractivity contribution in [2.75, 3.05) is 23.9 Å². The van der Waals surface area contributed by atoms with Crippen LogP contribution < -0.4 is 10.9 Å². The lowest BCUT2D eigenvalue weighted by molar-refractivity contribution is 0.777. The molecule has 31 heavy (non-hydrogen) atoms. The Hall–Kier alpha value is -3.92. The van der Waals surface area contributed by atoms with E-state index in [9.17, 15) is 0 Å². The van der Waals surface area contributed by atoms with Gasteiger partial charge in [-0.1, -0.05) is 72.8 Å². The minimum atomic E-state index is 0.882. The van der Waals surface area contributed by atoms with Crippen molar-refractivity contribution < 1.29 is 0 Å². The lowest BCUT2D eigenvalue weighted by Crippen LogP contribution is -2.21. The summed E-state index contributed by atoms with van der Waals surface area (Å²) >= 11 is 0. The molecule has 0 amide bonds. The second kappa shape index (κ2) is 7.40. The number of fused-ring (bicyclic) bond motifs is 6. The number of hydrogen-bond acceptors (Lipinski definition) is 2. The van der Waals surface area contributed by atoms with Crippen LogP contribution in [0.4, 0.5) is 0 Å². The van der Waals surface area contributed by atoms with Crippen molar-refractivity contribution in [3.8, 4) is 0 Å². The summed E-state index contributed by atoms with van der Waals surface area (Å²) in [4.78, 5) is 0. The van der Waals surface area contributed by atoms with Gasteiger partial charge in [0.2, 0.25) is 0 Å². The monoisotopic (exact) mass is 404 g/mol. The van der Waals surface area contributed by atoms with Crippen molar-refractivity contribution in [2.24, 2.45) is 0 Å². The Morgan fingerprint density at radius 1 is 0.419 bits per heavy atom. The van der Waals surface area contributed by atoms with E-state index in [0.29, 0.717) is 0 Å². The van der Waals surface area contributed by atoms with Gasteiger partial charge in [0.05, 0.1) is 22.1 Å². The molecule has 0 aliphatic heterocycles. The normalized spacial score (nSPS) is 11.6. The van der Waals surface area contributed by atoms with Crippen LogP contribution in [0, 0.1) is 0 Å². The second-order valence-corrected chi connectivity index (χ2v) is 7.91. The molecule has 0 atom stereocenters. The Labute approximate surface area is 180 Å². The van der Waals surface area contributed by atoms with E-state index < -0.39 is 0 Å². The topological polar surface area (TPSA) is 33.9 Å². The summed E-state index contributed by atoms with van der Waals surface area (Å²) in [6, 6.07) is 34.3. The van der Waals surface area contributed by atoms with Gasteiger partial charge < -0.3 is 10.9 Å². The lowest BCUT2D eigenvalue weighted by atomic mass is 10.2. The SMILES string of the molecule is c1ccc2c(c1)c1ccccc1n2NCCCNn1c2ccccc2c2ccccc21. The van der Waals surface area contributed by atoms with Crippen LogP contribution in [0.2, 0.25) is 0 Å². The highest BCUT2D eigenvalue weighted by Gasteiger charge is 2.10. The number of nitrogens with zero attached hydrogens (tertiary/aromatic N) is 2. The van der Waals surface area contributed by atoms with Gasteiger partial charge in [0.25, 0.3) is 0 Å². The van der Waals surface area contributed by atoms with Crippen LogP contribution in [0.3, 0.4) is 0 Å². The molecule has 0 fully saturated rings. The Bertz CT molecular complexity index is 1300. The highest BCUT2D eigenvalue weighted by Crippen LogP contribution is 2.28. The number of hydrogen-bond donors (Lipinski definition) is 2. The van der Waals surface area contributed by atoms with Crippen molar-refractivity contribution in [1.82, 2.24) is 9.35 Å². The molecule has 6 rings (SSSR count). The van der Waals surface area contributed by atoms with Crippen LogP contribution in [0.1, 0.15) is 6.42 Å². The molecule has 2 aromatic heterocycles. The van der Waals surface area contributed by atoms with Crippen LogP contribution in [-0.4, -0.2) is 22.4 Å². The molecule has 4 nitrogen and oxygen atoms in total. The summed E-state index contributed by atoms with van der Waals surface area (Å²) in [6.07, 6.45) is 1.00. The van der Waals surface area contributed by atoms with Gasteiger partial charge in [-0.25, -0.2) is 0 Å². The maximum Gasteiger partial charge on any atom is 0.0705 e. The Morgan fingerprint density at radius 2 is 0.710 bits per heavy atom. The second-order valence-electron chi connectivity index (χ2n) is 7.91. The lowest BCUT2D eigenvalue weighted by Gasteiger charge is -2.13. The van der Waals surface area contributed by atoms with Gasteiger partial charge in [-0.05, 0) is 30.7 Å². The minimum absolute atomic E-state index is 0.882. The summed E-state index contributed by atoms with van der Waals surface area (Å²) in [5.74, 6) is 0. The zero-order chi connectivity index (χ0) is 20.6. The maximum absolute atomic E-state index is 3.63. The van der Waals surface area contributed by atoms with E-state index >= 15 is 0 Å². The molecule has 0 unspecified atom stereocenters. The third-order valence-corrected chi connectivity index (χ3v) is 6.05. The Kier molecular flexibility index (Phi) is 4.27. The third-order valence-electron chi connectivity index (χ3n) is 6.05. The molecule has 2 heterocycles. The fourth-order valence-electron chi connectivity index (χ4n) is 4.66. The van der Waals surface area contributed by atoms with E-state index in [0.717, 1.165) is 19.5 Å². The summed E-state index contributed by atoms with van der Waals surface area (Å²) in [6.45, 7) is 1.76. The van der Waals surface area contributed by atoms with Gasteiger partial charge in [-0.3, -0.25) is 9.35 Å². The van der Waals surface area contributed by atoms with Crippen LogP contribution in [0.25, 0.3) is 43.6 Å². The van der Waals surface area contributed by atoms with Crippen LogP contribution in [0.5, 0.6) is 0 Å². The molecule has 6 aromatic rings. The molecule has 0 saturated carbocycles. The van der Waals surface area contributed by atoms with E-state index in [4.69, 9.17) is 0 Å². The molecule has 4 heteroatoms. The quantitative estimate of drug-likeness (QED) is 0.330. The third kappa shape index (κ3) is 2.91. The zero-order valence-electron chi connectivity index (χ0n) is 17.3. The predicted molar refractivity (Wildman–Crippen MR) is 132 cm³/mol. The minimum Gasteiger partial charge on any atom is -0.325 e. The highest BCUT2D eigenvalue weighted by molar-refractivity contribution is 6.09. The molecule has 4 aromatic carbocycles. The van der Waals surface area contributed by atoms with Gasteiger partial charge in [0.1, 0.15) is 0 Å². The van der Waals surface area contributed by atoms with Gasteiger partial charge in [-0.15, -0.1) is 0 Å². The summed E-state index contributed by atoms with van der Waals surface area (Å²) < 4.78 is 4.45. The van der Waals surface area contributed by atoms with Gasteiger partial charge in [-0.2, -0.15) is 0 Å². The van der Waals surface area contributed by atoms with Crippen LogP contribution in [0.15, 0.2) is 97.1 Å². The number of para-hydroxylation sites is 4. The first-order valence-electron chi connectivity index (χ1n) is 10.9. The first-order valence-corrected chi connectivity index (χ1v) is 10.9. The van der Waals surface area contributed by atoms with Gasteiger partial charge in [0.15, 0.2) is 0 Å². The fraction of sp³-hybridized carbons (Fsp3) is 0.111. The zero-order valence-corrected chi connectivity index (χ0v) is 17.3. The molecule has 0 aliphatic carbocycles. The van der Waals surface area contributed by atoms with Crippen molar-refractivity contribution in [1.29, 1.82) is 0 Å². The number of nitrogens with one attached hydrogen (secondary N) is 2. The number of benzene rings is 4. The number of aromatic nitrogens is 2. The van der Waals surface area contributed by atoms with E-state index in [1.165, 1.54) is 43.6 Å². The maximum atomic E-state index is 3.63. The van der Waals surface area contributed by atoms with Crippen molar-refractivity contribution in [3.05, 3.63) is 97.1 Å². The summed E-state index contributed by atoms with van der Waals surface area (Å²) in [5.41, 5.74) is 12.2. The average Bonchev–Trinajstić information content (AvgIpc) is 3.32. The van der Waals surface area contributed by atoms with E-state index in [1.807, 2.05) is 0 Å². The Morgan fingerprint density at radius 3 is 1.03 bits per heavy atom. The van der Waals surface area contributed by atoms with Crippen LogP contribution >= 0.6 is 0 Å². The van der Waals surface area contributed by atoms with E-state index in [1.54, 1.807) is 0 Å². The van der Waals surface area contributed by atoms with Crippen LogP contribution in [-0.2, 0) is 0 Å². The molecule has 152 valence electrons. The molecule has 0 radical (unpaired) electrons. The molecule has 0 saturated heterocycles. The average molecular weight is 405 g/mol. The number of rotatable bonds is 6. The molecular formula is C27H24N4. The first kappa shape index (κ1) is 17.9. The largest absolute Gasteiger partial charge is 0.325 e. The standard InChI is InChI=1S/C27H24N4/c1-5-14-24-20(10-1)21-11-2-6-15-25(21)30(24)28-18-9-19-29-31-26-16-7-3-12-22(26)23-13-4-8-17-27(23)31/h1-8,10-17,28-29H,9,18-19H2. The molecular weight excluding hydrogens is 380 g/mol. The molecule has 2 N–H and O–H groups in total. The van der Waals surface area contributed by atoms with Crippen molar-refractivity contribution in [3.63, 3.8) is 0 Å². The fourth-order valence-corrected chi connectivity index (χ4v) is 4.66. The van der Waals surface area contributed by atoms with E-state index in [2.05, 4.69) is 117 Å². The molecule has 0 aliphatic rings. The summed E-state index contributed by atoms with van der Waals surface area (Å²) in [5, 5.41) is 5.14. The smallest absolute Gasteiger partial charge is 0.0705 e. The molecule has 0 bridgehead atoms. The highest BCUT2D eigenvalue weighted by atomic mass is 15.4. The van der Waals surface area contributed by atoms with Gasteiger partial charge >= 0.3 is 0 Å². The molecule has 0 spiro atoms. The summed E-state index contributed by atoms with van der Waals surface area (Å²) in [7, 11) is 0. The van der Waals surface area contributed by atoms with Crippen molar-refractivity contribution >= 4 is 43.6 Å². The Balaban J connectivity index is 1.21. The predicted octanol–water partition coefficient (Wildman–Crippen LogP) is 6.08. The first-order chi connectivity index (χ1) is 15.4. The van der Waals surface area contributed by atoms with Gasteiger partial charge in [0, 0.05) is 34.6 Å². The van der Waals surface area contributed by atoms with Crippen molar-refractivity contribution in [2.45, 2.75) is 6.42 Å².